The Kier molecular flexibility index (Phi) is 3.94. The van der Waals surface area contributed by atoms with Crippen molar-refractivity contribution in [3.63, 3.8) is 0 Å². The summed E-state index contributed by atoms with van der Waals surface area (Å²) < 4.78 is 0. The Bertz CT molecular complexity index is 321. The molecular formula is C14H20. The lowest BCUT2D eigenvalue weighted by atomic mass is 9.90. The second kappa shape index (κ2) is 4.99. The molecule has 0 aromatic heterocycles. The summed E-state index contributed by atoms with van der Waals surface area (Å²) >= 11 is 0. The maximum Gasteiger partial charge on any atom is -0.0212 e. The lowest BCUT2D eigenvalue weighted by Gasteiger charge is -2.15. The molecule has 0 amide bonds. The molecule has 0 bridgehead atoms. The molecule has 0 nitrogen and oxygen atoms in total. The van der Waals surface area contributed by atoms with E-state index in [2.05, 4.69) is 44.2 Å². The Labute approximate surface area is 87.7 Å². The van der Waals surface area contributed by atoms with Crippen LogP contribution in [0.1, 0.15) is 37.5 Å². The van der Waals surface area contributed by atoms with Crippen LogP contribution in [0.2, 0.25) is 0 Å². The molecule has 1 atom stereocenters. The number of fused-ring (bicyclic) bond motifs is 1. The van der Waals surface area contributed by atoms with E-state index < -0.39 is 0 Å². The molecule has 1 unspecified atom stereocenters. The molecule has 0 heteroatoms. The molecule has 0 saturated carbocycles. The zero-order valence-electron chi connectivity index (χ0n) is 9.67. The Balaban J connectivity index is 0.000000461. The fourth-order valence-electron chi connectivity index (χ4n) is 1.76. The summed E-state index contributed by atoms with van der Waals surface area (Å²) in [6.45, 7) is 8.42. The van der Waals surface area contributed by atoms with Crippen molar-refractivity contribution in [2.24, 2.45) is 5.92 Å². The van der Waals surface area contributed by atoms with Gasteiger partial charge in [0.25, 0.3) is 0 Å². The lowest BCUT2D eigenvalue weighted by molar-refractivity contribution is 0.717. The Hall–Kier alpha value is -1.04. The molecule has 1 aliphatic carbocycles. The maximum atomic E-state index is 2.30. The van der Waals surface area contributed by atoms with Gasteiger partial charge in [-0.1, -0.05) is 56.7 Å². The first-order valence-electron chi connectivity index (χ1n) is 5.53. The van der Waals surface area contributed by atoms with Gasteiger partial charge in [-0.15, -0.1) is 0 Å². The summed E-state index contributed by atoms with van der Waals surface area (Å²) in [5.41, 5.74) is 4.28. The quantitative estimate of drug-likeness (QED) is 0.571. The zero-order valence-corrected chi connectivity index (χ0v) is 9.67. The van der Waals surface area contributed by atoms with E-state index in [0.29, 0.717) is 5.92 Å². The molecule has 1 aliphatic rings. The second-order valence-corrected chi connectivity index (χ2v) is 3.74. The van der Waals surface area contributed by atoms with Crippen LogP contribution in [0.3, 0.4) is 0 Å². The minimum absolute atomic E-state index is 0.708. The molecule has 0 spiro atoms. The van der Waals surface area contributed by atoms with E-state index in [-0.39, 0.29) is 0 Å². The SMILES string of the molecule is CC.Cc1ccc2c(c1)CC(C)C=C2. The summed E-state index contributed by atoms with van der Waals surface area (Å²) in [5.74, 6) is 0.708. The summed E-state index contributed by atoms with van der Waals surface area (Å²) in [7, 11) is 0. The molecule has 76 valence electrons. The number of benzene rings is 1. The van der Waals surface area contributed by atoms with Crippen LogP contribution in [0.4, 0.5) is 0 Å². The summed E-state index contributed by atoms with van der Waals surface area (Å²) in [5, 5.41) is 0. The highest BCUT2D eigenvalue weighted by atomic mass is 14.1. The third-order valence-electron chi connectivity index (χ3n) is 2.44. The predicted molar refractivity (Wildman–Crippen MR) is 64.4 cm³/mol. The van der Waals surface area contributed by atoms with Crippen LogP contribution in [-0.2, 0) is 6.42 Å². The predicted octanol–water partition coefficient (Wildman–Crippen LogP) is 4.23. The molecule has 1 aromatic carbocycles. The van der Waals surface area contributed by atoms with Crippen molar-refractivity contribution >= 4 is 6.08 Å². The molecule has 0 N–H and O–H groups in total. The van der Waals surface area contributed by atoms with Gasteiger partial charge in [-0.05, 0) is 30.4 Å². The lowest BCUT2D eigenvalue weighted by Crippen LogP contribution is -2.03. The largest absolute Gasteiger partial charge is 0.0808 e. The van der Waals surface area contributed by atoms with Crippen LogP contribution in [0.15, 0.2) is 24.3 Å². The fraction of sp³-hybridized carbons (Fsp3) is 0.429. The van der Waals surface area contributed by atoms with E-state index in [9.17, 15) is 0 Å². The number of aryl methyl sites for hydroxylation is 1. The van der Waals surface area contributed by atoms with Gasteiger partial charge in [0.2, 0.25) is 0 Å². The van der Waals surface area contributed by atoms with Gasteiger partial charge in [0, 0.05) is 0 Å². The van der Waals surface area contributed by atoms with E-state index >= 15 is 0 Å². The zero-order chi connectivity index (χ0) is 10.6. The Morgan fingerprint density at radius 3 is 2.64 bits per heavy atom. The van der Waals surface area contributed by atoms with Gasteiger partial charge in [0.15, 0.2) is 0 Å². The summed E-state index contributed by atoms with van der Waals surface area (Å²) in [6.07, 6.45) is 5.73. The van der Waals surface area contributed by atoms with E-state index in [1.54, 1.807) is 0 Å². The Morgan fingerprint density at radius 2 is 1.93 bits per heavy atom. The standard InChI is InChI=1S/C12H14.C2H6/c1-9-3-5-11-6-4-10(2)8-12(11)7-9;1-2/h3-7,10H,8H2,1-2H3;1-2H3. The molecule has 2 rings (SSSR count). The molecule has 0 saturated heterocycles. The average Bonchev–Trinajstić information content (AvgIpc) is 2.20. The van der Waals surface area contributed by atoms with E-state index in [0.717, 1.165) is 0 Å². The summed E-state index contributed by atoms with van der Waals surface area (Å²) in [4.78, 5) is 0. The van der Waals surface area contributed by atoms with Gasteiger partial charge in [0.1, 0.15) is 0 Å². The van der Waals surface area contributed by atoms with E-state index in [1.807, 2.05) is 13.8 Å². The molecule has 0 radical (unpaired) electrons. The normalized spacial score (nSPS) is 18.1. The molecule has 0 aliphatic heterocycles. The minimum Gasteiger partial charge on any atom is -0.0808 e. The van der Waals surface area contributed by atoms with Crippen LogP contribution in [0.25, 0.3) is 6.08 Å². The van der Waals surface area contributed by atoms with Crippen molar-refractivity contribution in [1.29, 1.82) is 0 Å². The number of hydrogen-bond donors (Lipinski definition) is 0. The highest BCUT2D eigenvalue weighted by molar-refractivity contribution is 5.57. The minimum atomic E-state index is 0.708. The van der Waals surface area contributed by atoms with Crippen molar-refractivity contribution < 1.29 is 0 Å². The topological polar surface area (TPSA) is 0 Å². The van der Waals surface area contributed by atoms with Crippen LogP contribution >= 0.6 is 0 Å². The van der Waals surface area contributed by atoms with Gasteiger partial charge >= 0.3 is 0 Å². The van der Waals surface area contributed by atoms with Crippen molar-refractivity contribution in [2.75, 3.05) is 0 Å². The van der Waals surface area contributed by atoms with Crippen molar-refractivity contribution in [3.8, 4) is 0 Å². The van der Waals surface area contributed by atoms with Crippen LogP contribution in [0.5, 0.6) is 0 Å². The van der Waals surface area contributed by atoms with Crippen LogP contribution in [0, 0.1) is 12.8 Å². The average molecular weight is 188 g/mol. The van der Waals surface area contributed by atoms with Gasteiger partial charge in [-0.2, -0.15) is 0 Å². The van der Waals surface area contributed by atoms with Crippen LogP contribution in [-0.4, -0.2) is 0 Å². The smallest absolute Gasteiger partial charge is 0.0212 e. The maximum absolute atomic E-state index is 2.30. The molecule has 0 fully saturated rings. The van der Waals surface area contributed by atoms with Crippen molar-refractivity contribution in [1.82, 2.24) is 0 Å². The van der Waals surface area contributed by atoms with Gasteiger partial charge < -0.3 is 0 Å². The highest BCUT2D eigenvalue weighted by Gasteiger charge is 2.08. The highest BCUT2D eigenvalue weighted by Crippen LogP contribution is 2.23. The molecule has 0 heterocycles. The van der Waals surface area contributed by atoms with E-state index in [1.165, 1.54) is 23.1 Å². The fourth-order valence-corrected chi connectivity index (χ4v) is 1.76. The first-order valence-corrected chi connectivity index (χ1v) is 5.53. The molecule has 14 heavy (non-hydrogen) atoms. The third-order valence-corrected chi connectivity index (χ3v) is 2.44. The number of rotatable bonds is 0. The van der Waals surface area contributed by atoms with Crippen molar-refractivity contribution in [3.05, 3.63) is 41.0 Å². The summed E-state index contributed by atoms with van der Waals surface area (Å²) in [6, 6.07) is 6.70. The van der Waals surface area contributed by atoms with E-state index in [4.69, 9.17) is 0 Å². The monoisotopic (exact) mass is 188 g/mol. The van der Waals surface area contributed by atoms with Gasteiger partial charge in [0.05, 0.1) is 0 Å². The van der Waals surface area contributed by atoms with Gasteiger partial charge in [-0.3, -0.25) is 0 Å². The van der Waals surface area contributed by atoms with Crippen LogP contribution < -0.4 is 0 Å². The number of hydrogen-bond acceptors (Lipinski definition) is 0. The number of allylic oxidation sites excluding steroid dienone is 1. The van der Waals surface area contributed by atoms with Crippen molar-refractivity contribution in [2.45, 2.75) is 34.1 Å². The molecule has 1 aromatic rings. The third kappa shape index (κ3) is 2.47. The second-order valence-electron chi connectivity index (χ2n) is 3.74. The first-order chi connectivity index (χ1) is 6.75. The molecular weight excluding hydrogens is 168 g/mol. The first kappa shape index (κ1) is 11.0. The van der Waals surface area contributed by atoms with Gasteiger partial charge in [-0.25, -0.2) is 0 Å². The Morgan fingerprint density at radius 1 is 1.21 bits per heavy atom.